The molecule has 0 bridgehead atoms. The van der Waals surface area contributed by atoms with Gasteiger partial charge >= 0.3 is 0 Å². The number of hydrogen-bond acceptors (Lipinski definition) is 4. The van der Waals surface area contributed by atoms with Crippen LogP contribution >= 0.6 is 31.9 Å². The Morgan fingerprint density at radius 1 is 0.952 bits per heavy atom. The second kappa shape index (κ2) is 7.42. The van der Waals surface area contributed by atoms with Crippen molar-refractivity contribution in [2.45, 2.75) is 0 Å². The van der Waals surface area contributed by atoms with E-state index < -0.39 is 4.92 Å². The Hall–Kier alpha value is -1.60. The summed E-state index contributed by atoms with van der Waals surface area (Å²) in [6.07, 6.45) is 0. The maximum Gasteiger partial charge on any atom is 0.274 e. The lowest BCUT2D eigenvalue weighted by molar-refractivity contribution is -0.385. The predicted molar refractivity (Wildman–Crippen MR) is 85.9 cm³/mol. The van der Waals surface area contributed by atoms with Crippen molar-refractivity contribution in [2.24, 2.45) is 0 Å². The quantitative estimate of drug-likeness (QED) is 0.393. The fourth-order valence-corrected chi connectivity index (χ4v) is 2.45. The van der Waals surface area contributed by atoms with Gasteiger partial charge in [-0.1, -0.05) is 37.9 Å². The molecule has 2 rings (SSSR count). The van der Waals surface area contributed by atoms with Gasteiger partial charge in [-0.05, 0) is 24.3 Å². The highest BCUT2D eigenvalue weighted by atomic mass is 79.9. The molecule has 0 aliphatic heterocycles. The van der Waals surface area contributed by atoms with E-state index in [1.807, 2.05) is 24.3 Å². The van der Waals surface area contributed by atoms with Crippen LogP contribution in [0.25, 0.3) is 0 Å². The van der Waals surface area contributed by atoms with Gasteiger partial charge in [0.05, 0.1) is 11.0 Å². The summed E-state index contributed by atoms with van der Waals surface area (Å²) in [5.74, 6) is 1.15. The lowest BCUT2D eigenvalue weighted by Gasteiger charge is -2.09. The van der Waals surface area contributed by atoms with E-state index in [9.17, 15) is 10.1 Å². The first-order valence-corrected chi connectivity index (χ1v) is 7.59. The topological polar surface area (TPSA) is 61.6 Å². The monoisotopic (exact) mass is 415 g/mol. The Morgan fingerprint density at radius 3 is 2.29 bits per heavy atom. The first-order valence-electron chi connectivity index (χ1n) is 6.01. The van der Waals surface area contributed by atoms with Crippen LogP contribution in [0.5, 0.6) is 11.5 Å². The van der Waals surface area contributed by atoms with E-state index in [1.165, 1.54) is 12.1 Å². The number of nitrogens with zero attached hydrogens (tertiary/aromatic N) is 1. The first-order chi connectivity index (χ1) is 10.0. The highest BCUT2D eigenvalue weighted by Gasteiger charge is 2.09. The largest absolute Gasteiger partial charge is 0.490 e. The van der Waals surface area contributed by atoms with Crippen LogP contribution in [0.15, 0.2) is 51.4 Å². The number of hydrogen-bond donors (Lipinski definition) is 0. The molecule has 0 N–H and O–H groups in total. The molecule has 0 spiro atoms. The van der Waals surface area contributed by atoms with Crippen molar-refractivity contribution in [1.29, 1.82) is 0 Å². The Kier molecular flexibility index (Phi) is 5.58. The second-order valence-corrected chi connectivity index (χ2v) is 5.89. The van der Waals surface area contributed by atoms with Crippen LogP contribution in [-0.2, 0) is 0 Å². The fourth-order valence-electron chi connectivity index (χ4n) is 1.61. The summed E-state index contributed by atoms with van der Waals surface area (Å²) in [7, 11) is 0. The molecule has 0 heterocycles. The number of non-ortho nitro benzene ring substituents is 1. The van der Waals surface area contributed by atoms with Crippen LogP contribution in [-0.4, -0.2) is 18.1 Å². The fraction of sp³-hybridized carbons (Fsp3) is 0.143. The molecule has 0 fully saturated rings. The number of nitro groups is 1. The summed E-state index contributed by atoms with van der Waals surface area (Å²) in [4.78, 5) is 10.3. The Balaban J connectivity index is 1.87. The molecule has 7 heteroatoms. The zero-order chi connectivity index (χ0) is 15.2. The lowest BCUT2D eigenvalue weighted by Crippen LogP contribution is -2.09. The summed E-state index contributed by atoms with van der Waals surface area (Å²) in [6, 6.07) is 11.9. The smallest absolute Gasteiger partial charge is 0.274 e. The molecule has 0 aliphatic rings. The van der Waals surface area contributed by atoms with Gasteiger partial charge in [-0.15, -0.1) is 0 Å². The molecule has 0 unspecified atom stereocenters. The van der Waals surface area contributed by atoms with Crippen LogP contribution in [0, 0.1) is 10.1 Å². The van der Waals surface area contributed by atoms with Crippen LogP contribution in [0.4, 0.5) is 5.69 Å². The highest BCUT2D eigenvalue weighted by molar-refractivity contribution is 9.10. The average Bonchev–Trinajstić information content (AvgIpc) is 2.43. The van der Waals surface area contributed by atoms with E-state index in [-0.39, 0.29) is 5.69 Å². The van der Waals surface area contributed by atoms with Crippen molar-refractivity contribution in [2.75, 3.05) is 13.2 Å². The molecule has 5 nitrogen and oxygen atoms in total. The molecule has 0 saturated carbocycles. The van der Waals surface area contributed by atoms with Gasteiger partial charge in [0.15, 0.2) is 0 Å². The first kappa shape index (κ1) is 15.8. The van der Waals surface area contributed by atoms with Gasteiger partial charge in [-0.3, -0.25) is 10.1 Å². The summed E-state index contributed by atoms with van der Waals surface area (Å²) < 4.78 is 12.5. The number of nitro benzene ring substituents is 1. The van der Waals surface area contributed by atoms with Crippen LogP contribution in [0.1, 0.15) is 0 Å². The average molecular weight is 417 g/mol. The Labute approximate surface area is 138 Å². The molecule has 2 aromatic rings. The van der Waals surface area contributed by atoms with E-state index in [0.29, 0.717) is 23.4 Å². The molecular formula is C14H11Br2NO4. The molecule has 110 valence electrons. The van der Waals surface area contributed by atoms with Crippen LogP contribution in [0.2, 0.25) is 0 Å². The van der Waals surface area contributed by atoms with Gasteiger partial charge in [-0.2, -0.15) is 0 Å². The summed E-state index contributed by atoms with van der Waals surface area (Å²) in [5, 5.41) is 10.8. The van der Waals surface area contributed by atoms with Crippen molar-refractivity contribution < 1.29 is 14.4 Å². The van der Waals surface area contributed by atoms with Crippen molar-refractivity contribution in [3.63, 3.8) is 0 Å². The number of rotatable bonds is 6. The van der Waals surface area contributed by atoms with Gasteiger partial charge in [-0.25, -0.2) is 0 Å². The van der Waals surface area contributed by atoms with Crippen molar-refractivity contribution in [3.8, 4) is 11.5 Å². The van der Waals surface area contributed by atoms with Gasteiger partial charge in [0, 0.05) is 15.0 Å². The zero-order valence-electron chi connectivity index (χ0n) is 10.8. The van der Waals surface area contributed by atoms with Crippen molar-refractivity contribution >= 4 is 37.5 Å². The maximum absolute atomic E-state index is 10.8. The molecule has 2 aromatic carbocycles. The molecule has 0 saturated heterocycles. The molecule has 0 aromatic heterocycles. The predicted octanol–water partition coefficient (Wildman–Crippen LogP) is 4.58. The van der Waals surface area contributed by atoms with E-state index in [4.69, 9.17) is 9.47 Å². The summed E-state index contributed by atoms with van der Waals surface area (Å²) in [5.41, 5.74) is -0.0210. The van der Waals surface area contributed by atoms with E-state index >= 15 is 0 Å². The van der Waals surface area contributed by atoms with E-state index in [0.717, 1.165) is 10.2 Å². The van der Waals surface area contributed by atoms with Gasteiger partial charge in [0.25, 0.3) is 5.69 Å². The minimum absolute atomic E-state index is 0.0210. The van der Waals surface area contributed by atoms with Gasteiger partial charge < -0.3 is 9.47 Å². The zero-order valence-corrected chi connectivity index (χ0v) is 14.0. The molecule has 0 atom stereocenters. The maximum atomic E-state index is 10.8. The van der Waals surface area contributed by atoms with Gasteiger partial charge in [0.2, 0.25) is 0 Å². The molecule has 0 amide bonds. The van der Waals surface area contributed by atoms with Crippen molar-refractivity contribution in [1.82, 2.24) is 0 Å². The minimum Gasteiger partial charge on any atom is -0.490 e. The third-order valence-electron chi connectivity index (χ3n) is 2.48. The molecule has 0 radical (unpaired) electrons. The van der Waals surface area contributed by atoms with E-state index in [2.05, 4.69) is 31.9 Å². The number of halogens is 2. The lowest BCUT2D eigenvalue weighted by atomic mass is 10.3. The third kappa shape index (κ3) is 5.02. The standard InChI is InChI=1S/C14H11Br2NO4/c15-10-2-1-3-13(7-10)20-4-5-21-14-8-11(16)6-12(9-14)17(18)19/h1-3,6-9H,4-5H2. The van der Waals surface area contributed by atoms with Crippen LogP contribution < -0.4 is 9.47 Å². The van der Waals surface area contributed by atoms with Crippen LogP contribution in [0.3, 0.4) is 0 Å². The third-order valence-corrected chi connectivity index (χ3v) is 3.43. The minimum atomic E-state index is -0.463. The van der Waals surface area contributed by atoms with Gasteiger partial charge in [0.1, 0.15) is 24.7 Å². The molecular weight excluding hydrogens is 406 g/mol. The van der Waals surface area contributed by atoms with E-state index in [1.54, 1.807) is 6.07 Å². The summed E-state index contributed by atoms with van der Waals surface area (Å²) >= 11 is 6.57. The number of ether oxygens (including phenoxy) is 2. The summed E-state index contributed by atoms with van der Waals surface area (Å²) in [6.45, 7) is 0.636. The Morgan fingerprint density at radius 2 is 1.62 bits per heavy atom. The molecule has 0 aliphatic carbocycles. The van der Waals surface area contributed by atoms with Crippen molar-refractivity contribution in [3.05, 3.63) is 61.5 Å². The normalized spacial score (nSPS) is 10.2. The highest BCUT2D eigenvalue weighted by Crippen LogP contribution is 2.26. The Bertz CT molecular complexity index is 649. The SMILES string of the molecule is O=[N+]([O-])c1cc(Br)cc(OCCOc2cccc(Br)c2)c1. The second-order valence-electron chi connectivity index (χ2n) is 4.06. The number of benzene rings is 2. The molecule has 21 heavy (non-hydrogen) atoms.